The van der Waals surface area contributed by atoms with Gasteiger partial charge in [0.25, 0.3) is 0 Å². The highest BCUT2D eigenvalue weighted by Gasteiger charge is 2.27. The molecule has 0 spiro atoms. The molecule has 0 aromatic heterocycles. The Labute approximate surface area is 106 Å². The van der Waals surface area contributed by atoms with Crippen molar-refractivity contribution in [1.29, 1.82) is 0 Å². The first kappa shape index (κ1) is 12.6. The van der Waals surface area contributed by atoms with Crippen LogP contribution in [0.4, 0.5) is 0 Å². The van der Waals surface area contributed by atoms with Gasteiger partial charge in [-0.15, -0.1) is 0 Å². The lowest BCUT2D eigenvalue weighted by molar-refractivity contribution is 0.0790. The number of nitrogens with zero attached hydrogens (tertiary/aromatic N) is 1. The fourth-order valence-corrected chi connectivity index (χ4v) is 2.79. The fraction of sp³-hybridized carbons (Fsp3) is 0.625. The standard InChI is InChI=1S/C16H25N/c1-16(2,3)17-11-7-10-15(13-17)12-14-8-5-4-6-9-14/h4-6,8-9,15H,7,10-13H2,1-3H3. The molecule has 94 valence electrons. The summed E-state index contributed by atoms with van der Waals surface area (Å²) < 4.78 is 0. The predicted octanol–water partition coefficient (Wildman–Crippen LogP) is 3.74. The van der Waals surface area contributed by atoms with Gasteiger partial charge in [-0.2, -0.15) is 0 Å². The Bertz CT molecular complexity index is 336. The molecule has 1 saturated heterocycles. The van der Waals surface area contributed by atoms with Crippen molar-refractivity contribution in [3.63, 3.8) is 0 Å². The largest absolute Gasteiger partial charge is 0.298 e. The van der Waals surface area contributed by atoms with E-state index >= 15 is 0 Å². The Kier molecular flexibility index (Phi) is 3.88. The quantitative estimate of drug-likeness (QED) is 0.749. The summed E-state index contributed by atoms with van der Waals surface area (Å²) in [4.78, 5) is 2.64. The highest BCUT2D eigenvalue weighted by Crippen LogP contribution is 2.25. The van der Waals surface area contributed by atoms with Crippen LogP contribution < -0.4 is 0 Å². The average Bonchev–Trinajstić information content (AvgIpc) is 2.29. The van der Waals surface area contributed by atoms with E-state index in [1.165, 1.54) is 37.9 Å². The lowest BCUT2D eigenvalue weighted by atomic mass is 9.89. The first-order valence-corrected chi connectivity index (χ1v) is 6.85. The van der Waals surface area contributed by atoms with E-state index in [4.69, 9.17) is 0 Å². The second-order valence-electron chi connectivity index (χ2n) is 6.31. The minimum absolute atomic E-state index is 0.329. The lowest BCUT2D eigenvalue weighted by Crippen LogP contribution is -2.47. The molecule has 0 radical (unpaired) electrons. The molecule has 1 fully saturated rings. The molecule has 1 aromatic carbocycles. The number of benzene rings is 1. The van der Waals surface area contributed by atoms with E-state index in [-0.39, 0.29) is 0 Å². The molecule has 1 unspecified atom stereocenters. The maximum absolute atomic E-state index is 2.64. The van der Waals surface area contributed by atoms with Crippen LogP contribution in [0.15, 0.2) is 30.3 Å². The van der Waals surface area contributed by atoms with Crippen LogP contribution in [0.5, 0.6) is 0 Å². The van der Waals surface area contributed by atoms with Crippen molar-refractivity contribution >= 4 is 0 Å². The summed E-state index contributed by atoms with van der Waals surface area (Å²) in [5.41, 5.74) is 1.82. The van der Waals surface area contributed by atoms with Crippen molar-refractivity contribution in [3.8, 4) is 0 Å². The Morgan fingerprint density at radius 2 is 1.88 bits per heavy atom. The van der Waals surface area contributed by atoms with Gasteiger partial charge in [-0.3, -0.25) is 4.90 Å². The first-order valence-electron chi connectivity index (χ1n) is 6.85. The number of piperidine rings is 1. The van der Waals surface area contributed by atoms with Gasteiger partial charge in [-0.25, -0.2) is 0 Å². The number of rotatable bonds is 2. The molecule has 1 aromatic rings. The number of likely N-dealkylation sites (tertiary alicyclic amines) is 1. The van der Waals surface area contributed by atoms with E-state index in [2.05, 4.69) is 56.0 Å². The van der Waals surface area contributed by atoms with Gasteiger partial charge in [0, 0.05) is 12.1 Å². The molecule has 2 rings (SSSR count). The number of hydrogen-bond acceptors (Lipinski definition) is 1. The van der Waals surface area contributed by atoms with E-state index in [1.54, 1.807) is 0 Å². The van der Waals surface area contributed by atoms with E-state index in [9.17, 15) is 0 Å². The highest BCUT2D eigenvalue weighted by molar-refractivity contribution is 5.15. The summed E-state index contributed by atoms with van der Waals surface area (Å²) in [6, 6.07) is 10.9. The first-order chi connectivity index (χ1) is 8.05. The molecule has 0 saturated carbocycles. The van der Waals surface area contributed by atoms with E-state index < -0.39 is 0 Å². The topological polar surface area (TPSA) is 3.24 Å². The van der Waals surface area contributed by atoms with Gasteiger partial charge in [0.15, 0.2) is 0 Å². The summed E-state index contributed by atoms with van der Waals surface area (Å²) in [7, 11) is 0. The van der Waals surface area contributed by atoms with Gasteiger partial charge in [-0.1, -0.05) is 30.3 Å². The van der Waals surface area contributed by atoms with Crippen molar-refractivity contribution in [2.24, 2.45) is 5.92 Å². The van der Waals surface area contributed by atoms with Gasteiger partial charge in [-0.05, 0) is 58.1 Å². The Morgan fingerprint density at radius 3 is 2.53 bits per heavy atom. The molecule has 1 heterocycles. The molecule has 1 aliphatic rings. The van der Waals surface area contributed by atoms with Gasteiger partial charge in [0.05, 0.1) is 0 Å². The van der Waals surface area contributed by atoms with Crippen LogP contribution >= 0.6 is 0 Å². The molecule has 0 amide bonds. The zero-order valence-electron chi connectivity index (χ0n) is 11.4. The highest BCUT2D eigenvalue weighted by atomic mass is 15.2. The van der Waals surface area contributed by atoms with Gasteiger partial charge < -0.3 is 0 Å². The smallest absolute Gasteiger partial charge is 0.0125 e. The average molecular weight is 231 g/mol. The van der Waals surface area contributed by atoms with Crippen molar-refractivity contribution in [2.75, 3.05) is 13.1 Å². The van der Waals surface area contributed by atoms with Crippen molar-refractivity contribution in [3.05, 3.63) is 35.9 Å². The van der Waals surface area contributed by atoms with Crippen LogP contribution in [0.2, 0.25) is 0 Å². The van der Waals surface area contributed by atoms with Gasteiger partial charge >= 0.3 is 0 Å². The predicted molar refractivity (Wildman–Crippen MR) is 74.2 cm³/mol. The van der Waals surface area contributed by atoms with Crippen LogP contribution in [0.3, 0.4) is 0 Å². The number of hydrogen-bond donors (Lipinski definition) is 0. The van der Waals surface area contributed by atoms with Gasteiger partial charge in [0.2, 0.25) is 0 Å². The third-order valence-corrected chi connectivity index (χ3v) is 3.83. The van der Waals surface area contributed by atoms with Gasteiger partial charge in [0.1, 0.15) is 0 Å². The third kappa shape index (κ3) is 3.57. The molecule has 0 N–H and O–H groups in total. The molecule has 0 bridgehead atoms. The van der Waals surface area contributed by atoms with Crippen molar-refractivity contribution in [1.82, 2.24) is 4.90 Å². The molecule has 1 atom stereocenters. The Hall–Kier alpha value is -0.820. The summed E-state index contributed by atoms with van der Waals surface area (Å²) in [6.45, 7) is 9.53. The van der Waals surface area contributed by atoms with Crippen LogP contribution in [0.1, 0.15) is 39.2 Å². The maximum atomic E-state index is 2.64. The van der Waals surface area contributed by atoms with E-state index in [0.717, 1.165) is 5.92 Å². The molecule has 17 heavy (non-hydrogen) atoms. The lowest BCUT2D eigenvalue weighted by Gasteiger charge is -2.41. The molecule has 1 nitrogen and oxygen atoms in total. The SMILES string of the molecule is CC(C)(C)N1CCCC(Cc2ccccc2)C1. The minimum atomic E-state index is 0.329. The Balaban J connectivity index is 1.94. The normalized spacial score (nSPS) is 22.6. The molecule has 0 aliphatic carbocycles. The molecular weight excluding hydrogens is 206 g/mol. The van der Waals surface area contributed by atoms with Crippen LogP contribution in [0.25, 0.3) is 0 Å². The second kappa shape index (κ2) is 5.22. The summed E-state index contributed by atoms with van der Waals surface area (Å²) in [5, 5.41) is 0. The second-order valence-corrected chi connectivity index (χ2v) is 6.31. The zero-order chi connectivity index (χ0) is 12.3. The van der Waals surface area contributed by atoms with Crippen molar-refractivity contribution < 1.29 is 0 Å². The third-order valence-electron chi connectivity index (χ3n) is 3.83. The van der Waals surface area contributed by atoms with Crippen LogP contribution in [-0.2, 0) is 6.42 Å². The molecule has 1 heteroatoms. The summed E-state index contributed by atoms with van der Waals surface area (Å²) in [6.07, 6.45) is 3.99. The molecule has 1 aliphatic heterocycles. The minimum Gasteiger partial charge on any atom is -0.298 e. The summed E-state index contributed by atoms with van der Waals surface area (Å²) >= 11 is 0. The monoisotopic (exact) mass is 231 g/mol. The maximum Gasteiger partial charge on any atom is 0.0125 e. The summed E-state index contributed by atoms with van der Waals surface area (Å²) in [5.74, 6) is 0.838. The fourth-order valence-electron chi connectivity index (χ4n) is 2.79. The van der Waals surface area contributed by atoms with Crippen molar-refractivity contribution in [2.45, 2.75) is 45.6 Å². The van der Waals surface area contributed by atoms with Crippen LogP contribution in [-0.4, -0.2) is 23.5 Å². The van der Waals surface area contributed by atoms with E-state index in [0.29, 0.717) is 5.54 Å². The Morgan fingerprint density at radius 1 is 1.18 bits per heavy atom. The zero-order valence-corrected chi connectivity index (χ0v) is 11.4. The van der Waals surface area contributed by atoms with Crippen LogP contribution in [0, 0.1) is 5.92 Å². The van der Waals surface area contributed by atoms with E-state index in [1.807, 2.05) is 0 Å². The molecular formula is C16H25N.